The number of thiophene rings is 1. The van der Waals surface area contributed by atoms with Crippen LogP contribution in [-0.2, 0) is 6.61 Å². The molecule has 2 aromatic heterocycles. The second-order valence-electron chi connectivity index (χ2n) is 3.72. The number of hydrogen-bond acceptors (Lipinski definition) is 7. The van der Waals surface area contributed by atoms with Gasteiger partial charge in [-0.2, -0.15) is 9.97 Å². The highest BCUT2D eigenvalue weighted by Crippen LogP contribution is 2.15. The second kappa shape index (κ2) is 6.89. The van der Waals surface area contributed by atoms with E-state index in [0.29, 0.717) is 12.6 Å². The first-order valence-electron chi connectivity index (χ1n) is 6.01. The number of nitrogens with zero attached hydrogens (tertiary/aromatic N) is 3. The highest BCUT2D eigenvalue weighted by molar-refractivity contribution is 7.09. The molecule has 2 heterocycles. The Hall–Kier alpha value is -1.89. The fraction of sp³-hybridized carbons (Fsp3) is 0.417. The van der Waals surface area contributed by atoms with E-state index in [1.54, 1.807) is 11.3 Å². The third-order valence-corrected chi connectivity index (χ3v) is 3.08. The quantitative estimate of drug-likeness (QED) is 0.839. The zero-order valence-electron chi connectivity index (χ0n) is 10.9. The molecule has 0 aliphatic heterocycles. The number of ether oxygens (including phenoxy) is 2. The first kappa shape index (κ1) is 13.5. The van der Waals surface area contributed by atoms with Crippen LogP contribution in [-0.4, -0.2) is 28.6 Å². The number of hydrogen-bond donors (Lipinski definition) is 1. The van der Waals surface area contributed by atoms with Gasteiger partial charge in [0.2, 0.25) is 5.95 Å². The summed E-state index contributed by atoms with van der Waals surface area (Å²) >= 11 is 1.63. The highest BCUT2D eigenvalue weighted by Gasteiger charge is 2.08. The average Bonchev–Trinajstić information content (AvgIpc) is 2.96. The Morgan fingerprint density at radius 2 is 2.11 bits per heavy atom. The maximum Gasteiger partial charge on any atom is 0.324 e. The second-order valence-corrected chi connectivity index (χ2v) is 4.76. The Kier molecular flexibility index (Phi) is 4.91. The van der Waals surface area contributed by atoms with Gasteiger partial charge in [-0.05, 0) is 17.9 Å². The van der Waals surface area contributed by atoms with Crippen LogP contribution in [0, 0.1) is 0 Å². The Morgan fingerprint density at radius 3 is 2.79 bits per heavy atom. The van der Waals surface area contributed by atoms with Gasteiger partial charge in [0.1, 0.15) is 6.61 Å². The minimum Gasteiger partial charge on any atom is -0.467 e. The first-order valence-corrected chi connectivity index (χ1v) is 6.89. The molecule has 2 rings (SSSR count). The van der Waals surface area contributed by atoms with Crippen LogP contribution in [0.4, 0.5) is 5.95 Å². The molecule has 19 heavy (non-hydrogen) atoms. The average molecular weight is 280 g/mol. The van der Waals surface area contributed by atoms with Crippen molar-refractivity contribution in [2.24, 2.45) is 0 Å². The number of anilines is 1. The first-order chi connectivity index (χ1) is 9.31. The van der Waals surface area contributed by atoms with Gasteiger partial charge >= 0.3 is 12.0 Å². The predicted octanol–water partition coefficient (Wildman–Crippen LogP) is 2.34. The zero-order valence-corrected chi connectivity index (χ0v) is 11.7. The Balaban J connectivity index is 2.05. The van der Waals surface area contributed by atoms with Crippen molar-refractivity contribution in [3.63, 3.8) is 0 Å². The number of aromatic nitrogens is 3. The van der Waals surface area contributed by atoms with Crippen molar-refractivity contribution >= 4 is 17.3 Å². The summed E-state index contributed by atoms with van der Waals surface area (Å²) in [7, 11) is 1.52. The fourth-order valence-electron chi connectivity index (χ4n) is 1.34. The number of rotatable bonds is 7. The summed E-state index contributed by atoms with van der Waals surface area (Å²) in [6, 6.07) is 4.49. The SMILES string of the molecule is CCCNc1nc(OC)nc(OCc2cccs2)n1. The van der Waals surface area contributed by atoms with Crippen LogP contribution in [0.2, 0.25) is 0 Å². The third kappa shape index (κ3) is 4.06. The van der Waals surface area contributed by atoms with Gasteiger partial charge in [0.15, 0.2) is 0 Å². The van der Waals surface area contributed by atoms with E-state index in [1.807, 2.05) is 17.5 Å². The lowest BCUT2D eigenvalue weighted by Gasteiger charge is -2.07. The molecule has 1 N–H and O–H groups in total. The van der Waals surface area contributed by atoms with E-state index in [1.165, 1.54) is 7.11 Å². The summed E-state index contributed by atoms with van der Waals surface area (Å²) in [5.74, 6) is 0.467. The van der Waals surface area contributed by atoms with Gasteiger partial charge in [-0.15, -0.1) is 16.3 Å². The molecule has 0 aliphatic carbocycles. The summed E-state index contributed by atoms with van der Waals surface area (Å²) in [6.07, 6.45) is 0.986. The Morgan fingerprint density at radius 1 is 1.26 bits per heavy atom. The fourth-order valence-corrected chi connectivity index (χ4v) is 1.96. The summed E-state index contributed by atoms with van der Waals surface area (Å²) < 4.78 is 10.6. The standard InChI is InChI=1S/C12H16N4O2S/c1-3-6-13-10-14-11(17-2)16-12(15-10)18-8-9-5-4-7-19-9/h4-5,7H,3,6,8H2,1-2H3,(H,13,14,15,16). The topological polar surface area (TPSA) is 69.2 Å². The lowest BCUT2D eigenvalue weighted by molar-refractivity contribution is 0.274. The van der Waals surface area contributed by atoms with Crippen molar-refractivity contribution in [3.05, 3.63) is 22.4 Å². The normalized spacial score (nSPS) is 10.2. The molecule has 0 saturated heterocycles. The van der Waals surface area contributed by atoms with Gasteiger partial charge in [-0.25, -0.2) is 0 Å². The van der Waals surface area contributed by atoms with Crippen molar-refractivity contribution in [2.75, 3.05) is 19.0 Å². The predicted molar refractivity (Wildman–Crippen MR) is 73.8 cm³/mol. The number of methoxy groups -OCH3 is 1. The molecule has 0 aliphatic rings. The van der Waals surface area contributed by atoms with E-state index in [-0.39, 0.29) is 12.0 Å². The molecule has 6 nitrogen and oxygen atoms in total. The molecule has 0 amide bonds. The lowest BCUT2D eigenvalue weighted by atomic mass is 10.5. The van der Waals surface area contributed by atoms with Crippen molar-refractivity contribution in [3.8, 4) is 12.0 Å². The minimum absolute atomic E-state index is 0.245. The van der Waals surface area contributed by atoms with Crippen LogP contribution < -0.4 is 14.8 Å². The van der Waals surface area contributed by atoms with Crippen LogP contribution in [0.25, 0.3) is 0 Å². The maximum atomic E-state index is 5.54. The van der Waals surface area contributed by atoms with Gasteiger partial charge in [0.25, 0.3) is 0 Å². The molecule has 0 radical (unpaired) electrons. The molecular formula is C12H16N4O2S. The van der Waals surface area contributed by atoms with Gasteiger partial charge in [-0.3, -0.25) is 0 Å². The lowest BCUT2D eigenvalue weighted by Crippen LogP contribution is -2.08. The van der Waals surface area contributed by atoms with Crippen molar-refractivity contribution in [1.29, 1.82) is 0 Å². The van der Waals surface area contributed by atoms with Crippen LogP contribution in [0.1, 0.15) is 18.2 Å². The summed E-state index contributed by atoms with van der Waals surface area (Å²) in [5.41, 5.74) is 0. The van der Waals surface area contributed by atoms with E-state index in [4.69, 9.17) is 9.47 Å². The zero-order chi connectivity index (χ0) is 13.5. The van der Waals surface area contributed by atoms with Gasteiger partial charge in [-0.1, -0.05) is 13.0 Å². The van der Waals surface area contributed by atoms with Crippen LogP contribution in [0.15, 0.2) is 17.5 Å². The molecule has 7 heteroatoms. The van der Waals surface area contributed by atoms with E-state index in [0.717, 1.165) is 17.8 Å². The molecule has 0 unspecified atom stereocenters. The van der Waals surface area contributed by atoms with Crippen LogP contribution >= 0.6 is 11.3 Å². The highest BCUT2D eigenvalue weighted by atomic mass is 32.1. The van der Waals surface area contributed by atoms with Crippen molar-refractivity contribution < 1.29 is 9.47 Å². The number of nitrogens with one attached hydrogen (secondary N) is 1. The minimum atomic E-state index is 0.245. The van der Waals surface area contributed by atoms with E-state index in [9.17, 15) is 0 Å². The van der Waals surface area contributed by atoms with Crippen LogP contribution in [0.5, 0.6) is 12.0 Å². The molecule has 0 saturated carbocycles. The molecule has 0 aromatic carbocycles. The molecule has 0 bridgehead atoms. The van der Waals surface area contributed by atoms with Crippen LogP contribution in [0.3, 0.4) is 0 Å². The van der Waals surface area contributed by atoms with Gasteiger partial charge < -0.3 is 14.8 Å². The maximum absolute atomic E-state index is 5.54. The van der Waals surface area contributed by atoms with E-state index >= 15 is 0 Å². The summed E-state index contributed by atoms with van der Waals surface area (Å²) in [4.78, 5) is 13.5. The molecular weight excluding hydrogens is 264 g/mol. The molecule has 0 atom stereocenters. The van der Waals surface area contributed by atoms with Crippen molar-refractivity contribution in [2.45, 2.75) is 20.0 Å². The third-order valence-electron chi connectivity index (χ3n) is 2.23. The Labute approximate surface area is 115 Å². The Bertz CT molecular complexity index is 504. The van der Waals surface area contributed by atoms with E-state index in [2.05, 4.69) is 27.2 Å². The largest absolute Gasteiger partial charge is 0.467 e. The molecule has 102 valence electrons. The summed E-state index contributed by atoms with van der Waals surface area (Å²) in [5, 5.41) is 5.08. The molecule has 2 aromatic rings. The van der Waals surface area contributed by atoms with Gasteiger partial charge in [0.05, 0.1) is 7.11 Å². The van der Waals surface area contributed by atoms with Gasteiger partial charge in [0, 0.05) is 11.4 Å². The van der Waals surface area contributed by atoms with E-state index < -0.39 is 0 Å². The smallest absolute Gasteiger partial charge is 0.324 e. The summed E-state index contributed by atoms with van der Waals surface area (Å²) in [6.45, 7) is 3.30. The monoisotopic (exact) mass is 280 g/mol. The van der Waals surface area contributed by atoms with Crippen molar-refractivity contribution in [1.82, 2.24) is 15.0 Å². The molecule has 0 fully saturated rings. The molecule has 0 spiro atoms.